The fourth-order valence-electron chi connectivity index (χ4n) is 3.40. The third kappa shape index (κ3) is 5.15. The van der Waals surface area contributed by atoms with E-state index in [4.69, 9.17) is 27.8 Å². The lowest BCUT2D eigenvalue weighted by Crippen LogP contribution is -2.50. The summed E-state index contributed by atoms with van der Waals surface area (Å²) in [6, 6.07) is 5.71. The van der Waals surface area contributed by atoms with Gasteiger partial charge in [-0.3, -0.25) is 19.3 Å². The van der Waals surface area contributed by atoms with Gasteiger partial charge < -0.3 is 21.5 Å². The number of nitrogens with one attached hydrogen (secondary N) is 1. The molecule has 2 aromatic rings. The second-order valence-corrected chi connectivity index (χ2v) is 8.30. The predicted molar refractivity (Wildman–Crippen MR) is 119 cm³/mol. The molecule has 5 N–H and O–H groups in total. The van der Waals surface area contributed by atoms with Crippen LogP contribution in [0.5, 0.6) is 0 Å². The minimum absolute atomic E-state index is 0.0311. The number of carbonyl (C=O) groups excluding carboxylic acids is 3. The second-order valence-electron chi connectivity index (χ2n) is 7.09. The fraction of sp³-hybridized carbons (Fsp3) is 0.400. The molecular formula is C20H24ClN5O4S. The lowest BCUT2D eigenvalue weighted by Gasteiger charge is -2.30. The van der Waals surface area contributed by atoms with Crippen molar-refractivity contribution < 1.29 is 19.1 Å². The number of rotatable bonds is 8. The first-order valence-electron chi connectivity index (χ1n) is 9.86. The number of nitrogens with two attached hydrogens (primary N) is 2. The Morgan fingerprint density at radius 2 is 2.06 bits per heavy atom. The number of hydrogen-bond acceptors (Lipinski definition) is 7. The number of anilines is 2. The Kier molecular flexibility index (Phi) is 7.47. The van der Waals surface area contributed by atoms with Crippen LogP contribution in [0.25, 0.3) is 0 Å². The highest BCUT2D eigenvalue weighted by Crippen LogP contribution is 2.29. The van der Waals surface area contributed by atoms with E-state index in [1.165, 1.54) is 4.90 Å². The van der Waals surface area contributed by atoms with Gasteiger partial charge in [-0.15, -0.1) is 0 Å². The van der Waals surface area contributed by atoms with Crippen molar-refractivity contribution >= 4 is 52.2 Å². The number of carbonyl (C=O) groups is 3. The average molecular weight is 466 g/mol. The molecule has 1 aliphatic heterocycles. The smallest absolute Gasteiger partial charge is 0.272 e. The van der Waals surface area contributed by atoms with Gasteiger partial charge in [0.25, 0.3) is 11.8 Å². The SMILES string of the molecule is CC[C@@H](C(=O)NC[C@H]1CCCO1)N(C(=O)c1snc(C(N)=O)c1N)c1ccc(Cl)cc1. The summed E-state index contributed by atoms with van der Waals surface area (Å²) in [7, 11) is 0. The van der Waals surface area contributed by atoms with Crippen molar-refractivity contribution in [3.8, 4) is 0 Å². The van der Waals surface area contributed by atoms with Gasteiger partial charge in [0.05, 0.1) is 11.8 Å². The van der Waals surface area contributed by atoms with E-state index < -0.39 is 17.9 Å². The molecular weight excluding hydrogens is 442 g/mol. The van der Waals surface area contributed by atoms with Gasteiger partial charge in [-0.05, 0) is 55.1 Å². The van der Waals surface area contributed by atoms with Crippen molar-refractivity contribution in [2.24, 2.45) is 5.73 Å². The van der Waals surface area contributed by atoms with Gasteiger partial charge in [0.1, 0.15) is 10.9 Å². The maximum atomic E-state index is 13.5. The number of benzene rings is 1. The van der Waals surface area contributed by atoms with E-state index in [1.807, 2.05) is 0 Å². The first-order chi connectivity index (χ1) is 14.8. The van der Waals surface area contributed by atoms with Crippen molar-refractivity contribution in [2.45, 2.75) is 38.3 Å². The van der Waals surface area contributed by atoms with Crippen molar-refractivity contribution in [1.82, 2.24) is 9.69 Å². The number of hydrogen-bond donors (Lipinski definition) is 3. The van der Waals surface area contributed by atoms with Crippen LogP contribution in [0, 0.1) is 0 Å². The van der Waals surface area contributed by atoms with Crippen molar-refractivity contribution in [2.75, 3.05) is 23.8 Å². The molecule has 1 aliphatic rings. The zero-order valence-electron chi connectivity index (χ0n) is 17.0. The molecule has 31 heavy (non-hydrogen) atoms. The van der Waals surface area contributed by atoms with Crippen LogP contribution >= 0.6 is 23.1 Å². The molecule has 0 saturated carbocycles. The Morgan fingerprint density at radius 3 is 2.61 bits per heavy atom. The molecule has 11 heteroatoms. The molecule has 3 amide bonds. The maximum absolute atomic E-state index is 13.5. The van der Waals surface area contributed by atoms with Crippen LogP contribution in [-0.2, 0) is 9.53 Å². The summed E-state index contributed by atoms with van der Waals surface area (Å²) in [4.78, 5) is 39.4. The van der Waals surface area contributed by atoms with E-state index in [1.54, 1.807) is 31.2 Å². The van der Waals surface area contributed by atoms with Gasteiger partial charge in [0.2, 0.25) is 5.91 Å². The van der Waals surface area contributed by atoms with Gasteiger partial charge in [0, 0.05) is 23.9 Å². The number of ether oxygens (including phenoxy) is 1. The summed E-state index contributed by atoms with van der Waals surface area (Å²) in [6.45, 7) is 2.85. The molecule has 0 radical (unpaired) electrons. The van der Waals surface area contributed by atoms with Crippen molar-refractivity contribution in [3.63, 3.8) is 0 Å². The Hall–Kier alpha value is -2.69. The Balaban J connectivity index is 1.92. The highest BCUT2D eigenvalue weighted by Gasteiger charge is 2.34. The topological polar surface area (TPSA) is 141 Å². The van der Waals surface area contributed by atoms with E-state index in [0.717, 1.165) is 24.4 Å². The van der Waals surface area contributed by atoms with Gasteiger partial charge in [-0.1, -0.05) is 18.5 Å². The predicted octanol–water partition coefficient (Wildman–Crippen LogP) is 2.20. The molecule has 0 spiro atoms. The molecule has 0 bridgehead atoms. The Bertz CT molecular complexity index is 959. The number of primary amides is 1. The molecule has 0 unspecified atom stereocenters. The van der Waals surface area contributed by atoms with Crippen LogP contribution in [0.3, 0.4) is 0 Å². The minimum Gasteiger partial charge on any atom is -0.395 e. The van der Waals surface area contributed by atoms with Crippen molar-refractivity contribution in [3.05, 3.63) is 39.9 Å². The third-order valence-corrected chi connectivity index (χ3v) is 6.11. The van der Waals surface area contributed by atoms with Crippen LogP contribution < -0.4 is 21.7 Å². The first kappa shape index (κ1) is 23.0. The van der Waals surface area contributed by atoms with Crippen LogP contribution in [0.2, 0.25) is 5.02 Å². The maximum Gasteiger partial charge on any atom is 0.272 e. The monoisotopic (exact) mass is 465 g/mol. The van der Waals surface area contributed by atoms with E-state index in [2.05, 4.69) is 9.69 Å². The molecule has 0 aliphatic carbocycles. The number of aromatic nitrogens is 1. The summed E-state index contributed by atoms with van der Waals surface area (Å²) in [6.07, 6.45) is 2.15. The third-order valence-electron chi connectivity index (χ3n) is 5.01. The first-order valence-corrected chi connectivity index (χ1v) is 11.0. The molecule has 1 aromatic heterocycles. The Labute approximate surface area is 188 Å². The highest BCUT2D eigenvalue weighted by atomic mass is 35.5. The summed E-state index contributed by atoms with van der Waals surface area (Å²) in [5.74, 6) is -1.70. The fourth-order valence-corrected chi connectivity index (χ4v) is 4.27. The minimum atomic E-state index is -0.827. The van der Waals surface area contributed by atoms with Crippen LogP contribution in [0.15, 0.2) is 24.3 Å². The standard InChI is InChI=1S/C20H24ClN5O4S/c1-2-14(19(28)24-10-13-4-3-9-30-13)26(12-7-5-11(21)6-8-12)20(29)17-15(22)16(18(23)27)25-31-17/h5-8,13-14H,2-4,9-10,22H2,1H3,(H2,23,27)(H,24,28)/t13-,14+/m1/s1. The summed E-state index contributed by atoms with van der Waals surface area (Å²) in [5.41, 5.74) is 11.4. The normalized spacial score (nSPS) is 16.6. The lowest BCUT2D eigenvalue weighted by molar-refractivity contribution is -0.122. The van der Waals surface area contributed by atoms with E-state index in [9.17, 15) is 14.4 Å². The zero-order valence-corrected chi connectivity index (χ0v) is 18.5. The summed E-state index contributed by atoms with van der Waals surface area (Å²) in [5, 5.41) is 3.37. The van der Waals surface area contributed by atoms with Crippen LogP contribution in [0.1, 0.15) is 46.3 Å². The van der Waals surface area contributed by atoms with Gasteiger partial charge in [0.15, 0.2) is 5.69 Å². The molecule has 166 valence electrons. The van der Waals surface area contributed by atoms with Gasteiger partial charge in [-0.2, -0.15) is 4.37 Å². The number of halogens is 1. The molecule has 2 atom stereocenters. The number of amides is 3. The van der Waals surface area contributed by atoms with Crippen molar-refractivity contribution in [1.29, 1.82) is 0 Å². The van der Waals surface area contributed by atoms with E-state index in [0.29, 0.717) is 30.3 Å². The highest BCUT2D eigenvalue weighted by molar-refractivity contribution is 7.09. The van der Waals surface area contributed by atoms with E-state index >= 15 is 0 Å². The zero-order chi connectivity index (χ0) is 22.5. The van der Waals surface area contributed by atoms with E-state index in [-0.39, 0.29) is 28.3 Å². The van der Waals surface area contributed by atoms with Gasteiger partial charge >= 0.3 is 0 Å². The molecule has 1 aromatic carbocycles. The molecule has 1 saturated heterocycles. The number of nitrogens with zero attached hydrogens (tertiary/aromatic N) is 2. The Morgan fingerprint density at radius 1 is 1.35 bits per heavy atom. The van der Waals surface area contributed by atoms with Crippen LogP contribution in [0.4, 0.5) is 11.4 Å². The lowest BCUT2D eigenvalue weighted by atomic mass is 10.1. The molecule has 3 rings (SSSR count). The summed E-state index contributed by atoms with van der Waals surface area (Å²) < 4.78 is 9.46. The molecule has 9 nitrogen and oxygen atoms in total. The van der Waals surface area contributed by atoms with Gasteiger partial charge in [-0.25, -0.2) is 0 Å². The second kappa shape index (κ2) is 10.1. The quantitative estimate of drug-likeness (QED) is 0.545. The van der Waals surface area contributed by atoms with Crippen LogP contribution in [-0.4, -0.2) is 47.4 Å². The molecule has 1 fully saturated rings. The molecule has 2 heterocycles. The summed E-state index contributed by atoms with van der Waals surface area (Å²) >= 11 is 6.77. The largest absolute Gasteiger partial charge is 0.395 e. The average Bonchev–Trinajstić information content (AvgIpc) is 3.40. The number of nitrogen functional groups attached to an aromatic ring is 1.